The minimum atomic E-state index is 0.0321. The summed E-state index contributed by atoms with van der Waals surface area (Å²) in [5.41, 5.74) is 0.713. The minimum absolute atomic E-state index is 0.0321. The Morgan fingerprint density at radius 1 is 0.958 bits per heavy atom. The molecule has 0 spiro atoms. The second-order valence-electron chi connectivity index (χ2n) is 6.11. The fourth-order valence-electron chi connectivity index (χ4n) is 2.93. The van der Waals surface area contributed by atoms with E-state index in [2.05, 4.69) is 10.2 Å². The molecule has 4 heteroatoms. The van der Waals surface area contributed by atoms with E-state index < -0.39 is 0 Å². The van der Waals surface area contributed by atoms with Crippen LogP contribution in [0.4, 0.5) is 5.69 Å². The van der Waals surface area contributed by atoms with Crippen LogP contribution in [0.1, 0.15) is 25.7 Å². The Labute approximate surface area is 143 Å². The highest BCUT2D eigenvalue weighted by Crippen LogP contribution is 2.29. The normalized spacial score (nSPS) is 15.0. The van der Waals surface area contributed by atoms with Gasteiger partial charge in [-0.15, -0.1) is 0 Å². The van der Waals surface area contributed by atoms with Gasteiger partial charge in [0.05, 0.1) is 5.69 Å². The number of hydrogen-bond donors (Lipinski definition) is 1. The molecule has 1 fully saturated rings. The monoisotopic (exact) mass is 324 g/mol. The molecule has 1 saturated heterocycles. The Kier molecular flexibility index (Phi) is 5.85. The number of amides is 1. The third-order valence-corrected chi connectivity index (χ3v) is 4.24. The zero-order chi connectivity index (χ0) is 16.6. The summed E-state index contributed by atoms with van der Waals surface area (Å²) in [7, 11) is 0. The molecule has 4 nitrogen and oxygen atoms in total. The van der Waals surface area contributed by atoms with Crippen molar-refractivity contribution in [1.29, 1.82) is 0 Å². The number of carbonyl (C=O) groups excluding carboxylic acids is 1. The molecule has 0 saturated carbocycles. The molecule has 0 radical (unpaired) electrons. The van der Waals surface area contributed by atoms with E-state index in [4.69, 9.17) is 4.74 Å². The van der Waals surface area contributed by atoms with Crippen molar-refractivity contribution in [2.45, 2.75) is 25.7 Å². The lowest BCUT2D eigenvalue weighted by molar-refractivity contribution is -0.116. The van der Waals surface area contributed by atoms with Gasteiger partial charge in [-0.2, -0.15) is 0 Å². The second kappa shape index (κ2) is 8.50. The standard InChI is InChI=1S/C20H24N2O2/c23-20(13-16-22-14-7-2-8-15-22)21-18-11-5-6-12-19(18)24-17-9-3-1-4-10-17/h1,3-6,9-12H,2,7-8,13-16H2,(H,21,23). The molecule has 0 aliphatic carbocycles. The lowest BCUT2D eigenvalue weighted by atomic mass is 10.1. The molecular formula is C20H24N2O2. The average Bonchev–Trinajstić information content (AvgIpc) is 2.63. The number of para-hydroxylation sites is 3. The summed E-state index contributed by atoms with van der Waals surface area (Å²) < 4.78 is 5.88. The van der Waals surface area contributed by atoms with Crippen LogP contribution in [0.5, 0.6) is 11.5 Å². The number of piperidine rings is 1. The molecule has 1 aliphatic rings. The van der Waals surface area contributed by atoms with Gasteiger partial charge in [0.1, 0.15) is 5.75 Å². The van der Waals surface area contributed by atoms with Crippen LogP contribution in [0.2, 0.25) is 0 Å². The van der Waals surface area contributed by atoms with Crippen LogP contribution in [-0.4, -0.2) is 30.4 Å². The number of benzene rings is 2. The van der Waals surface area contributed by atoms with Crippen LogP contribution in [0.3, 0.4) is 0 Å². The first-order chi connectivity index (χ1) is 11.8. The number of carbonyl (C=O) groups is 1. The van der Waals surface area contributed by atoms with Crippen molar-refractivity contribution in [1.82, 2.24) is 4.90 Å². The maximum Gasteiger partial charge on any atom is 0.225 e. The Bertz CT molecular complexity index is 652. The van der Waals surface area contributed by atoms with Gasteiger partial charge in [0.25, 0.3) is 0 Å². The molecule has 2 aromatic carbocycles. The van der Waals surface area contributed by atoms with Gasteiger partial charge in [-0.05, 0) is 50.2 Å². The summed E-state index contributed by atoms with van der Waals surface area (Å²) >= 11 is 0. The van der Waals surface area contributed by atoms with Crippen molar-refractivity contribution < 1.29 is 9.53 Å². The molecule has 0 unspecified atom stereocenters. The molecule has 1 aliphatic heterocycles. The number of likely N-dealkylation sites (tertiary alicyclic amines) is 1. The van der Waals surface area contributed by atoms with Crippen molar-refractivity contribution in [3.63, 3.8) is 0 Å². The molecule has 0 aromatic heterocycles. The lowest BCUT2D eigenvalue weighted by Gasteiger charge is -2.26. The average molecular weight is 324 g/mol. The Morgan fingerprint density at radius 2 is 1.67 bits per heavy atom. The number of nitrogens with zero attached hydrogens (tertiary/aromatic N) is 1. The van der Waals surface area contributed by atoms with Crippen LogP contribution >= 0.6 is 0 Å². The van der Waals surface area contributed by atoms with E-state index in [1.165, 1.54) is 19.3 Å². The molecule has 1 amide bonds. The quantitative estimate of drug-likeness (QED) is 0.861. The first kappa shape index (κ1) is 16.5. The van der Waals surface area contributed by atoms with E-state index in [9.17, 15) is 4.79 Å². The molecular weight excluding hydrogens is 300 g/mol. The molecule has 1 N–H and O–H groups in total. The lowest BCUT2D eigenvalue weighted by Crippen LogP contribution is -2.32. The van der Waals surface area contributed by atoms with Crippen molar-refractivity contribution in [2.75, 3.05) is 25.0 Å². The first-order valence-corrected chi connectivity index (χ1v) is 8.65. The van der Waals surface area contributed by atoms with Gasteiger partial charge in [0.2, 0.25) is 5.91 Å². The predicted octanol–water partition coefficient (Wildman–Crippen LogP) is 4.29. The molecule has 3 rings (SSSR count). The van der Waals surface area contributed by atoms with Gasteiger partial charge in [-0.3, -0.25) is 4.79 Å². The summed E-state index contributed by atoms with van der Waals surface area (Å²) in [4.78, 5) is 14.6. The van der Waals surface area contributed by atoms with Gasteiger partial charge < -0.3 is 15.0 Å². The number of anilines is 1. The van der Waals surface area contributed by atoms with E-state index in [0.717, 1.165) is 25.4 Å². The van der Waals surface area contributed by atoms with Crippen LogP contribution < -0.4 is 10.1 Å². The Morgan fingerprint density at radius 3 is 2.46 bits per heavy atom. The number of ether oxygens (including phenoxy) is 1. The van der Waals surface area contributed by atoms with E-state index >= 15 is 0 Å². The second-order valence-corrected chi connectivity index (χ2v) is 6.11. The summed E-state index contributed by atoms with van der Waals surface area (Å²) in [5, 5.41) is 2.98. The van der Waals surface area contributed by atoms with Gasteiger partial charge in [-0.1, -0.05) is 36.8 Å². The summed E-state index contributed by atoms with van der Waals surface area (Å²) in [6.45, 7) is 3.05. The maximum absolute atomic E-state index is 12.3. The number of rotatable bonds is 6. The zero-order valence-corrected chi connectivity index (χ0v) is 13.9. The topological polar surface area (TPSA) is 41.6 Å². The van der Waals surface area contributed by atoms with Crippen molar-refractivity contribution in [3.05, 3.63) is 54.6 Å². The fraction of sp³-hybridized carbons (Fsp3) is 0.350. The van der Waals surface area contributed by atoms with Crippen molar-refractivity contribution in [3.8, 4) is 11.5 Å². The first-order valence-electron chi connectivity index (χ1n) is 8.65. The summed E-state index contributed by atoms with van der Waals surface area (Å²) in [6.07, 6.45) is 4.32. The van der Waals surface area contributed by atoms with Gasteiger partial charge >= 0.3 is 0 Å². The highest BCUT2D eigenvalue weighted by Gasteiger charge is 2.13. The third kappa shape index (κ3) is 4.83. The molecule has 1 heterocycles. The fourth-order valence-corrected chi connectivity index (χ4v) is 2.93. The summed E-state index contributed by atoms with van der Waals surface area (Å²) in [6, 6.07) is 17.1. The van der Waals surface area contributed by atoms with Gasteiger partial charge in [0.15, 0.2) is 5.75 Å². The Hall–Kier alpha value is -2.33. The van der Waals surface area contributed by atoms with Gasteiger partial charge in [-0.25, -0.2) is 0 Å². The maximum atomic E-state index is 12.3. The smallest absolute Gasteiger partial charge is 0.225 e. The van der Waals surface area contributed by atoms with E-state index in [1.54, 1.807) is 0 Å². The van der Waals surface area contributed by atoms with E-state index in [1.807, 2.05) is 54.6 Å². The minimum Gasteiger partial charge on any atom is -0.455 e. The molecule has 2 aromatic rings. The summed E-state index contributed by atoms with van der Waals surface area (Å²) in [5.74, 6) is 1.45. The number of hydrogen-bond acceptors (Lipinski definition) is 3. The third-order valence-electron chi connectivity index (χ3n) is 4.24. The number of nitrogens with one attached hydrogen (secondary N) is 1. The van der Waals surface area contributed by atoms with Gasteiger partial charge in [0, 0.05) is 13.0 Å². The highest BCUT2D eigenvalue weighted by molar-refractivity contribution is 5.92. The molecule has 0 atom stereocenters. The van der Waals surface area contributed by atoms with Crippen molar-refractivity contribution >= 4 is 11.6 Å². The zero-order valence-electron chi connectivity index (χ0n) is 13.9. The van der Waals surface area contributed by atoms with E-state index in [-0.39, 0.29) is 5.91 Å². The molecule has 0 bridgehead atoms. The molecule has 126 valence electrons. The predicted molar refractivity (Wildman–Crippen MR) is 96.5 cm³/mol. The van der Waals surface area contributed by atoms with Crippen LogP contribution in [-0.2, 0) is 4.79 Å². The largest absolute Gasteiger partial charge is 0.455 e. The van der Waals surface area contributed by atoms with Crippen LogP contribution in [0.15, 0.2) is 54.6 Å². The van der Waals surface area contributed by atoms with Crippen LogP contribution in [0.25, 0.3) is 0 Å². The van der Waals surface area contributed by atoms with Crippen LogP contribution in [0, 0.1) is 0 Å². The Balaban J connectivity index is 1.57. The highest BCUT2D eigenvalue weighted by atomic mass is 16.5. The van der Waals surface area contributed by atoms with E-state index in [0.29, 0.717) is 17.9 Å². The van der Waals surface area contributed by atoms with Crippen molar-refractivity contribution in [2.24, 2.45) is 0 Å². The molecule has 24 heavy (non-hydrogen) atoms. The SMILES string of the molecule is O=C(CCN1CCCCC1)Nc1ccccc1Oc1ccccc1.